The number of amides is 1. The fourth-order valence-corrected chi connectivity index (χ4v) is 4.89. The maximum Gasteiger partial charge on any atom is 0.254 e. The predicted molar refractivity (Wildman–Crippen MR) is 126 cm³/mol. The Morgan fingerprint density at radius 1 is 1.00 bits per heavy atom. The van der Waals surface area contributed by atoms with Gasteiger partial charge < -0.3 is 19.3 Å². The molecule has 0 radical (unpaired) electrons. The molecular weight excluding hydrogens is 410 g/mol. The fraction of sp³-hybridized carbons (Fsp3) is 0.417. The van der Waals surface area contributed by atoms with Gasteiger partial charge >= 0.3 is 0 Å². The van der Waals surface area contributed by atoms with Gasteiger partial charge in [-0.3, -0.25) is 4.79 Å². The molecule has 0 saturated carbocycles. The number of carbonyl (C=O) groups is 1. The van der Waals surface area contributed by atoms with Crippen molar-refractivity contribution >= 4 is 32.6 Å². The van der Waals surface area contributed by atoms with Crippen molar-refractivity contribution in [2.75, 3.05) is 44.3 Å². The van der Waals surface area contributed by atoms with E-state index in [1.54, 1.807) is 17.4 Å². The number of thiazole rings is 1. The first-order valence-corrected chi connectivity index (χ1v) is 11.6. The number of benzene rings is 2. The summed E-state index contributed by atoms with van der Waals surface area (Å²) >= 11 is 1.73. The Hall–Kier alpha value is -2.80. The molecule has 164 valence electrons. The van der Waals surface area contributed by atoms with Gasteiger partial charge in [-0.2, -0.15) is 0 Å². The zero-order chi connectivity index (χ0) is 22.0. The molecule has 0 bridgehead atoms. The van der Waals surface area contributed by atoms with E-state index in [0.29, 0.717) is 43.4 Å². The predicted octanol–water partition coefficient (Wildman–Crippen LogP) is 4.67. The minimum Gasteiger partial charge on any atom is -0.490 e. The molecular formula is C24H29N3O3S. The van der Waals surface area contributed by atoms with E-state index in [2.05, 4.69) is 30.9 Å². The standard InChI is InChI=1S/C24H29N3O3S/c1-5-29-19-9-8-18(15-20(19)30-6-2)23(28)26-11-13-27(14-12-26)24-25-22-17(4)16(3)7-10-21(22)31-24/h7-10,15H,5-6,11-14H2,1-4H3. The zero-order valence-electron chi connectivity index (χ0n) is 18.6. The van der Waals surface area contributed by atoms with Crippen molar-refractivity contribution in [1.29, 1.82) is 0 Å². The van der Waals surface area contributed by atoms with Gasteiger partial charge in [-0.05, 0) is 63.1 Å². The molecule has 2 heterocycles. The number of rotatable bonds is 6. The van der Waals surface area contributed by atoms with Gasteiger partial charge in [0.1, 0.15) is 0 Å². The molecule has 1 aromatic heterocycles. The Kier molecular flexibility index (Phi) is 6.32. The van der Waals surface area contributed by atoms with E-state index < -0.39 is 0 Å². The van der Waals surface area contributed by atoms with Crippen molar-refractivity contribution < 1.29 is 14.3 Å². The fourth-order valence-electron chi connectivity index (χ4n) is 3.82. The van der Waals surface area contributed by atoms with E-state index in [4.69, 9.17) is 14.5 Å². The van der Waals surface area contributed by atoms with Crippen LogP contribution in [0.25, 0.3) is 10.2 Å². The third-order valence-electron chi connectivity index (χ3n) is 5.70. The third-order valence-corrected chi connectivity index (χ3v) is 6.78. The molecule has 1 fully saturated rings. The minimum atomic E-state index is 0.0272. The van der Waals surface area contributed by atoms with Crippen LogP contribution < -0.4 is 14.4 Å². The van der Waals surface area contributed by atoms with Gasteiger partial charge in [0.2, 0.25) is 0 Å². The van der Waals surface area contributed by atoms with Gasteiger partial charge in [0.25, 0.3) is 5.91 Å². The summed E-state index contributed by atoms with van der Waals surface area (Å²) in [5.41, 5.74) is 4.23. The monoisotopic (exact) mass is 439 g/mol. The molecule has 1 amide bonds. The van der Waals surface area contributed by atoms with Gasteiger partial charge in [0, 0.05) is 31.7 Å². The number of aromatic nitrogens is 1. The number of hydrogen-bond donors (Lipinski definition) is 0. The second kappa shape index (κ2) is 9.14. The first-order chi connectivity index (χ1) is 15.0. The SMILES string of the molecule is CCOc1ccc(C(=O)N2CCN(c3nc4c(C)c(C)ccc4s3)CC2)cc1OCC. The molecule has 0 aliphatic carbocycles. The molecule has 31 heavy (non-hydrogen) atoms. The van der Waals surface area contributed by atoms with Crippen molar-refractivity contribution in [1.82, 2.24) is 9.88 Å². The van der Waals surface area contributed by atoms with Crippen molar-refractivity contribution in [2.45, 2.75) is 27.7 Å². The summed E-state index contributed by atoms with van der Waals surface area (Å²) in [4.78, 5) is 22.2. The molecule has 2 aromatic carbocycles. The Balaban J connectivity index is 1.45. The minimum absolute atomic E-state index is 0.0272. The van der Waals surface area contributed by atoms with E-state index in [9.17, 15) is 4.79 Å². The molecule has 0 N–H and O–H groups in total. The molecule has 1 aliphatic heterocycles. The highest BCUT2D eigenvalue weighted by molar-refractivity contribution is 7.22. The molecule has 0 unspecified atom stereocenters. The Labute approximate surface area is 187 Å². The largest absolute Gasteiger partial charge is 0.490 e. The topological polar surface area (TPSA) is 54.9 Å². The average Bonchev–Trinajstić information content (AvgIpc) is 3.23. The Morgan fingerprint density at radius 3 is 2.42 bits per heavy atom. The molecule has 6 nitrogen and oxygen atoms in total. The molecule has 7 heteroatoms. The highest BCUT2D eigenvalue weighted by Crippen LogP contribution is 2.33. The normalized spacial score (nSPS) is 14.2. The van der Waals surface area contributed by atoms with Crippen molar-refractivity contribution in [2.24, 2.45) is 0 Å². The summed E-state index contributed by atoms with van der Waals surface area (Å²) in [5, 5.41) is 1.04. The molecule has 3 aromatic rings. The number of aryl methyl sites for hydroxylation is 2. The Bertz CT molecular complexity index is 1090. The number of carbonyl (C=O) groups excluding carboxylic acids is 1. The third kappa shape index (κ3) is 4.32. The maximum atomic E-state index is 13.1. The summed E-state index contributed by atoms with van der Waals surface area (Å²) < 4.78 is 12.5. The molecule has 4 rings (SSSR count). The lowest BCUT2D eigenvalue weighted by molar-refractivity contribution is 0.0746. The second-order valence-electron chi connectivity index (χ2n) is 7.66. The Morgan fingerprint density at radius 2 is 1.71 bits per heavy atom. The number of fused-ring (bicyclic) bond motifs is 1. The van der Waals surface area contributed by atoms with Crippen LogP contribution in [0.3, 0.4) is 0 Å². The van der Waals surface area contributed by atoms with Crippen molar-refractivity contribution in [3.05, 3.63) is 47.0 Å². The summed E-state index contributed by atoms with van der Waals surface area (Å²) in [5.74, 6) is 1.32. The van der Waals surface area contributed by atoms with Crippen LogP contribution in [-0.4, -0.2) is 55.2 Å². The molecule has 1 aliphatic rings. The summed E-state index contributed by atoms with van der Waals surface area (Å²) in [6, 6.07) is 9.75. The van der Waals surface area contributed by atoms with Crippen LogP contribution in [0.4, 0.5) is 5.13 Å². The number of nitrogens with zero attached hydrogens (tertiary/aromatic N) is 3. The van der Waals surface area contributed by atoms with Gasteiger partial charge in [-0.15, -0.1) is 0 Å². The van der Waals surface area contributed by atoms with Gasteiger partial charge in [0.15, 0.2) is 16.6 Å². The van der Waals surface area contributed by atoms with Crippen LogP contribution >= 0.6 is 11.3 Å². The van der Waals surface area contributed by atoms with Crippen LogP contribution in [0.1, 0.15) is 35.3 Å². The van der Waals surface area contributed by atoms with Crippen LogP contribution in [0.5, 0.6) is 11.5 Å². The first-order valence-electron chi connectivity index (χ1n) is 10.8. The quantitative estimate of drug-likeness (QED) is 0.559. The van der Waals surface area contributed by atoms with Gasteiger partial charge in [-0.25, -0.2) is 4.98 Å². The number of ether oxygens (including phenoxy) is 2. The summed E-state index contributed by atoms with van der Waals surface area (Å²) in [7, 11) is 0. The first kappa shape index (κ1) is 21.4. The summed E-state index contributed by atoms with van der Waals surface area (Å²) in [6.45, 7) is 12.1. The number of anilines is 1. The lowest BCUT2D eigenvalue weighted by atomic mass is 10.1. The zero-order valence-corrected chi connectivity index (χ0v) is 19.4. The molecule has 1 saturated heterocycles. The lowest BCUT2D eigenvalue weighted by Crippen LogP contribution is -2.48. The second-order valence-corrected chi connectivity index (χ2v) is 8.67. The van der Waals surface area contributed by atoms with Crippen LogP contribution in [-0.2, 0) is 0 Å². The molecule has 0 spiro atoms. The maximum absolute atomic E-state index is 13.1. The van der Waals surface area contributed by atoms with Gasteiger partial charge in [0.05, 0.1) is 23.4 Å². The smallest absolute Gasteiger partial charge is 0.254 e. The number of piperazine rings is 1. The van der Waals surface area contributed by atoms with Gasteiger partial charge in [-0.1, -0.05) is 17.4 Å². The lowest BCUT2D eigenvalue weighted by Gasteiger charge is -2.34. The van der Waals surface area contributed by atoms with E-state index in [0.717, 1.165) is 23.7 Å². The average molecular weight is 440 g/mol. The van der Waals surface area contributed by atoms with Crippen molar-refractivity contribution in [3.63, 3.8) is 0 Å². The molecule has 0 atom stereocenters. The number of hydrogen-bond acceptors (Lipinski definition) is 6. The highest BCUT2D eigenvalue weighted by Gasteiger charge is 2.25. The summed E-state index contributed by atoms with van der Waals surface area (Å²) in [6.07, 6.45) is 0. The van der Waals surface area contributed by atoms with Crippen LogP contribution in [0, 0.1) is 13.8 Å². The van der Waals surface area contributed by atoms with Crippen molar-refractivity contribution in [3.8, 4) is 11.5 Å². The van der Waals surface area contributed by atoms with E-state index >= 15 is 0 Å². The van der Waals surface area contributed by atoms with E-state index in [-0.39, 0.29) is 5.91 Å². The van der Waals surface area contributed by atoms with Crippen LogP contribution in [0.2, 0.25) is 0 Å². The highest BCUT2D eigenvalue weighted by atomic mass is 32.1. The van der Waals surface area contributed by atoms with Crippen LogP contribution in [0.15, 0.2) is 30.3 Å². The van der Waals surface area contributed by atoms with E-state index in [1.807, 2.05) is 30.9 Å². The van der Waals surface area contributed by atoms with E-state index in [1.165, 1.54) is 15.8 Å².